The molecule has 0 spiro atoms. The van der Waals surface area contributed by atoms with Crippen molar-refractivity contribution in [2.45, 2.75) is 31.6 Å². The van der Waals surface area contributed by atoms with Gasteiger partial charge in [0.25, 0.3) is 5.91 Å². The van der Waals surface area contributed by atoms with Crippen LogP contribution in [0.25, 0.3) is 0 Å². The molecule has 2 aromatic heterocycles. The molecule has 3 heterocycles. The number of anilines is 1. The molecule has 1 aliphatic rings. The second-order valence-electron chi connectivity index (χ2n) is 5.84. The number of aromatic nitrogens is 2. The standard InChI is InChI=1S/C14H18N4O3S3/c1-9-4-3-5-18(7-9)24(20,21)11-6-12(22-8-11)13(19)15-14-17-16-10(2)23-14/h6,8-9H,3-5,7H2,1-2H3,(H,15,17,19)/t9-/m1/s1. The molecule has 0 bridgehead atoms. The van der Waals surface area contributed by atoms with E-state index in [0.29, 0.717) is 29.0 Å². The number of hydrogen-bond acceptors (Lipinski definition) is 7. The predicted molar refractivity (Wildman–Crippen MR) is 94.1 cm³/mol. The van der Waals surface area contributed by atoms with Gasteiger partial charge in [-0.25, -0.2) is 8.42 Å². The normalized spacial score (nSPS) is 19.3. The lowest BCUT2D eigenvalue weighted by Gasteiger charge is -2.29. The summed E-state index contributed by atoms with van der Waals surface area (Å²) >= 11 is 2.38. The summed E-state index contributed by atoms with van der Waals surface area (Å²) in [6.07, 6.45) is 1.92. The van der Waals surface area contributed by atoms with E-state index in [9.17, 15) is 13.2 Å². The highest BCUT2D eigenvalue weighted by atomic mass is 32.2. The minimum Gasteiger partial charge on any atom is -0.296 e. The smallest absolute Gasteiger partial charge is 0.267 e. The first-order valence-corrected chi connectivity index (χ1v) is 10.7. The number of nitrogens with one attached hydrogen (secondary N) is 1. The van der Waals surface area contributed by atoms with E-state index in [-0.39, 0.29) is 10.8 Å². The van der Waals surface area contributed by atoms with Crippen LogP contribution in [0.4, 0.5) is 5.13 Å². The van der Waals surface area contributed by atoms with Gasteiger partial charge in [-0.1, -0.05) is 18.3 Å². The van der Waals surface area contributed by atoms with Crippen LogP contribution in [-0.2, 0) is 10.0 Å². The Morgan fingerprint density at radius 1 is 1.42 bits per heavy atom. The quantitative estimate of drug-likeness (QED) is 0.872. The summed E-state index contributed by atoms with van der Waals surface area (Å²) in [5, 5.41) is 13.0. The molecular formula is C14H18N4O3S3. The van der Waals surface area contributed by atoms with Gasteiger partial charge < -0.3 is 0 Å². The minimum atomic E-state index is -3.54. The summed E-state index contributed by atoms with van der Waals surface area (Å²) in [4.78, 5) is 12.7. The van der Waals surface area contributed by atoms with E-state index in [0.717, 1.165) is 29.2 Å². The van der Waals surface area contributed by atoms with E-state index in [2.05, 4.69) is 22.4 Å². The van der Waals surface area contributed by atoms with Crippen LogP contribution in [0.15, 0.2) is 16.3 Å². The molecule has 1 aliphatic heterocycles. The maximum Gasteiger partial charge on any atom is 0.267 e. The van der Waals surface area contributed by atoms with Crippen molar-refractivity contribution in [2.24, 2.45) is 5.92 Å². The van der Waals surface area contributed by atoms with E-state index in [1.165, 1.54) is 27.1 Å². The Labute approximate surface area is 148 Å². The first-order chi connectivity index (χ1) is 11.4. The molecule has 0 aromatic carbocycles. The van der Waals surface area contributed by atoms with Gasteiger partial charge >= 0.3 is 0 Å². The number of piperidine rings is 1. The second-order valence-corrected chi connectivity index (χ2v) is 9.87. The summed E-state index contributed by atoms with van der Waals surface area (Å²) in [6.45, 7) is 4.92. The topological polar surface area (TPSA) is 92.3 Å². The predicted octanol–water partition coefficient (Wildman–Crippen LogP) is 2.58. The third kappa shape index (κ3) is 3.66. The van der Waals surface area contributed by atoms with Gasteiger partial charge in [-0.3, -0.25) is 10.1 Å². The fraction of sp³-hybridized carbons (Fsp3) is 0.500. The van der Waals surface area contributed by atoms with Crippen LogP contribution in [0.3, 0.4) is 0 Å². The monoisotopic (exact) mass is 386 g/mol. The van der Waals surface area contributed by atoms with E-state index in [1.54, 1.807) is 6.92 Å². The zero-order chi connectivity index (χ0) is 17.3. The number of rotatable bonds is 4. The van der Waals surface area contributed by atoms with Gasteiger partial charge in [0.15, 0.2) is 0 Å². The molecule has 1 N–H and O–H groups in total. The van der Waals surface area contributed by atoms with Crippen molar-refractivity contribution in [3.05, 3.63) is 21.3 Å². The van der Waals surface area contributed by atoms with Gasteiger partial charge in [0.2, 0.25) is 15.2 Å². The van der Waals surface area contributed by atoms with Gasteiger partial charge in [-0.15, -0.1) is 21.5 Å². The van der Waals surface area contributed by atoms with Gasteiger partial charge in [-0.2, -0.15) is 4.31 Å². The molecule has 130 valence electrons. The lowest BCUT2D eigenvalue weighted by atomic mass is 10.0. The van der Waals surface area contributed by atoms with E-state index < -0.39 is 10.0 Å². The Bertz CT molecular complexity index is 843. The average molecular weight is 387 g/mol. The van der Waals surface area contributed by atoms with Crippen LogP contribution < -0.4 is 5.32 Å². The van der Waals surface area contributed by atoms with Crippen LogP contribution in [0, 0.1) is 12.8 Å². The second kappa shape index (κ2) is 6.87. The van der Waals surface area contributed by atoms with Crippen molar-refractivity contribution >= 4 is 43.7 Å². The molecule has 2 aromatic rings. The van der Waals surface area contributed by atoms with Crippen molar-refractivity contribution in [2.75, 3.05) is 18.4 Å². The van der Waals surface area contributed by atoms with Gasteiger partial charge in [-0.05, 0) is 31.7 Å². The van der Waals surface area contributed by atoms with Crippen molar-refractivity contribution < 1.29 is 13.2 Å². The highest BCUT2D eigenvalue weighted by molar-refractivity contribution is 7.89. The molecule has 1 amide bonds. The van der Waals surface area contributed by atoms with Crippen molar-refractivity contribution in [3.8, 4) is 0 Å². The van der Waals surface area contributed by atoms with Gasteiger partial charge in [0.05, 0.1) is 9.77 Å². The summed E-state index contributed by atoms with van der Waals surface area (Å²) in [5.41, 5.74) is 0. The zero-order valence-electron chi connectivity index (χ0n) is 13.4. The third-order valence-corrected chi connectivity index (χ3v) is 7.48. The maximum atomic E-state index is 12.7. The van der Waals surface area contributed by atoms with E-state index in [1.807, 2.05) is 0 Å². The molecule has 7 nitrogen and oxygen atoms in total. The molecule has 24 heavy (non-hydrogen) atoms. The molecule has 3 rings (SSSR count). The number of hydrogen-bond donors (Lipinski definition) is 1. The highest BCUT2D eigenvalue weighted by Crippen LogP contribution is 2.27. The molecule has 0 aliphatic carbocycles. The number of amides is 1. The third-order valence-electron chi connectivity index (χ3n) is 3.80. The summed E-state index contributed by atoms with van der Waals surface area (Å²) < 4.78 is 26.9. The Morgan fingerprint density at radius 2 is 2.21 bits per heavy atom. The first-order valence-electron chi connectivity index (χ1n) is 7.56. The highest BCUT2D eigenvalue weighted by Gasteiger charge is 2.30. The molecule has 0 saturated carbocycles. The summed E-state index contributed by atoms with van der Waals surface area (Å²) in [7, 11) is -3.54. The van der Waals surface area contributed by atoms with Crippen LogP contribution in [0.2, 0.25) is 0 Å². The van der Waals surface area contributed by atoms with E-state index >= 15 is 0 Å². The largest absolute Gasteiger partial charge is 0.296 e. The van der Waals surface area contributed by atoms with Crippen LogP contribution in [0.5, 0.6) is 0 Å². The molecule has 0 radical (unpaired) electrons. The van der Waals surface area contributed by atoms with Crippen molar-refractivity contribution in [3.63, 3.8) is 0 Å². The Kier molecular flexibility index (Phi) is 5.00. The molecule has 1 fully saturated rings. The fourth-order valence-corrected chi connectivity index (χ4v) is 5.93. The Balaban J connectivity index is 1.75. The zero-order valence-corrected chi connectivity index (χ0v) is 15.8. The first kappa shape index (κ1) is 17.5. The SMILES string of the molecule is Cc1nnc(NC(=O)c2cc(S(=O)(=O)N3CCC[C@@H](C)C3)cs2)s1. The number of thiophene rings is 1. The average Bonchev–Trinajstić information content (AvgIpc) is 3.17. The molecule has 0 unspecified atom stereocenters. The Morgan fingerprint density at radius 3 is 2.88 bits per heavy atom. The maximum absolute atomic E-state index is 12.7. The van der Waals surface area contributed by atoms with Crippen molar-refractivity contribution in [1.29, 1.82) is 0 Å². The number of nitrogens with zero attached hydrogens (tertiary/aromatic N) is 3. The number of carbonyl (C=O) groups is 1. The number of sulfonamides is 1. The number of carbonyl (C=O) groups excluding carboxylic acids is 1. The number of aryl methyl sites for hydroxylation is 1. The lowest BCUT2D eigenvalue weighted by Crippen LogP contribution is -2.38. The summed E-state index contributed by atoms with van der Waals surface area (Å²) in [6, 6.07) is 1.43. The summed E-state index contributed by atoms with van der Waals surface area (Å²) in [5.74, 6) is -0.0137. The fourth-order valence-electron chi connectivity index (χ4n) is 2.59. The van der Waals surface area contributed by atoms with Crippen LogP contribution in [-0.4, -0.2) is 41.9 Å². The van der Waals surface area contributed by atoms with E-state index in [4.69, 9.17) is 0 Å². The van der Waals surface area contributed by atoms with Gasteiger partial charge in [0.1, 0.15) is 5.01 Å². The van der Waals surface area contributed by atoms with Crippen molar-refractivity contribution in [1.82, 2.24) is 14.5 Å². The van der Waals surface area contributed by atoms with Crippen LogP contribution >= 0.6 is 22.7 Å². The molecule has 1 atom stereocenters. The van der Waals surface area contributed by atoms with Crippen LogP contribution in [0.1, 0.15) is 34.4 Å². The molecule has 10 heteroatoms. The minimum absolute atomic E-state index is 0.181. The van der Waals surface area contributed by atoms with Gasteiger partial charge in [0, 0.05) is 18.5 Å². The molecular weight excluding hydrogens is 368 g/mol. The molecule has 1 saturated heterocycles. The Hall–Kier alpha value is -1.36. The lowest BCUT2D eigenvalue weighted by molar-refractivity contribution is 0.103.